The molecule has 0 amide bonds. The molecule has 6 nitrogen and oxygen atoms in total. The van der Waals surface area contributed by atoms with E-state index < -0.39 is 0 Å². The molecule has 4 aromatic rings. The van der Waals surface area contributed by atoms with Gasteiger partial charge in [0, 0.05) is 0 Å². The topological polar surface area (TPSA) is 70.2 Å². The maximum atomic E-state index is 12.7. The lowest BCUT2D eigenvalue weighted by Crippen LogP contribution is -2.18. The van der Waals surface area contributed by atoms with Crippen molar-refractivity contribution in [1.82, 2.24) is 14.5 Å². The highest BCUT2D eigenvalue weighted by atomic mass is 16.5. The van der Waals surface area contributed by atoms with Gasteiger partial charge in [0.05, 0.1) is 17.6 Å². The van der Waals surface area contributed by atoms with Crippen molar-refractivity contribution >= 4 is 28.1 Å². The summed E-state index contributed by atoms with van der Waals surface area (Å²) >= 11 is 0. The van der Waals surface area contributed by atoms with Gasteiger partial charge < -0.3 is 13.7 Å². The molecular weight excluding hydrogens is 378 g/mol. The molecule has 0 aliphatic heterocycles. The molecule has 0 bridgehead atoms. The van der Waals surface area contributed by atoms with E-state index in [1.807, 2.05) is 53.1 Å². The van der Waals surface area contributed by atoms with Gasteiger partial charge in [0.15, 0.2) is 11.4 Å². The number of rotatable bonds is 9. The summed E-state index contributed by atoms with van der Waals surface area (Å²) in [6, 6.07) is 15.3. The van der Waals surface area contributed by atoms with Crippen LogP contribution in [0, 0.1) is 5.92 Å². The van der Waals surface area contributed by atoms with Crippen LogP contribution in [-0.2, 0) is 16.1 Å². The van der Waals surface area contributed by atoms with E-state index in [-0.39, 0.29) is 12.5 Å². The molecule has 6 heteroatoms. The molecule has 2 aromatic carbocycles. The Morgan fingerprint density at radius 1 is 1.07 bits per heavy atom. The van der Waals surface area contributed by atoms with E-state index in [1.165, 1.54) is 0 Å². The zero-order valence-electron chi connectivity index (χ0n) is 17.5. The molecule has 1 atom stereocenters. The number of hydrogen-bond donors (Lipinski definition) is 0. The van der Waals surface area contributed by atoms with Gasteiger partial charge in [0.2, 0.25) is 0 Å². The SMILES string of the molecule is CCCCC(CC)COC(=O)Cn1c(-c2nc3ccccc3o2)nc2ccccc21. The number of aromatic nitrogens is 3. The van der Waals surface area contributed by atoms with Crippen LogP contribution in [0.1, 0.15) is 39.5 Å². The Morgan fingerprint density at radius 2 is 1.83 bits per heavy atom. The third-order valence-corrected chi connectivity index (χ3v) is 5.45. The van der Waals surface area contributed by atoms with E-state index in [1.54, 1.807) is 0 Å². The molecule has 0 aliphatic carbocycles. The predicted molar refractivity (Wildman–Crippen MR) is 117 cm³/mol. The van der Waals surface area contributed by atoms with Gasteiger partial charge in [-0.05, 0) is 36.6 Å². The van der Waals surface area contributed by atoms with Gasteiger partial charge in [-0.1, -0.05) is 57.4 Å². The number of nitrogens with zero attached hydrogens (tertiary/aromatic N) is 3. The summed E-state index contributed by atoms with van der Waals surface area (Å²) in [6.45, 7) is 4.85. The fraction of sp³-hybridized carbons (Fsp3) is 0.375. The van der Waals surface area contributed by atoms with E-state index in [0.717, 1.165) is 42.2 Å². The van der Waals surface area contributed by atoms with Gasteiger partial charge in [-0.15, -0.1) is 0 Å². The minimum Gasteiger partial charge on any atom is -0.464 e. The number of ether oxygens (including phenoxy) is 1. The molecule has 2 aromatic heterocycles. The zero-order valence-corrected chi connectivity index (χ0v) is 17.5. The highest BCUT2D eigenvalue weighted by Gasteiger charge is 2.20. The lowest BCUT2D eigenvalue weighted by molar-refractivity contribution is -0.145. The first-order chi connectivity index (χ1) is 14.7. The summed E-state index contributed by atoms with van der Waals surface area (Å²) in [4.78, 5) is 21.9. The fourth-order valence-electron chi connectivity index (χ4n) is 3.65. The molecule has 0 N–H and O–H groups in total. The summed E-state index contributed by atoms with van der Waals surface area (Å²) < 4.78 is 13.4. The molecule has 0 saturated heterocycles. The van der Waals surface area contributed by atoms with Crippen molar-refractivity contribution in [3.63, 3.8) is 0 Å². The van der Waals surface area contributed by atoms with Gasteiger partial charge in [-0.25, -0.2) is 9.97 Å². The van der Waals surface area contributed by atoms with Crippen LogP contribution in [-0.4, -0.2) is 27.1 Å². The van der Waals surface area contributed by atoms with Crippen molar-refractivity contribution < 1.29 is 13.9 Å². The fourth-order valence-corrected chi connectivity index (χ4v) is 3.65. The Morgan fingerprint density at radius 3 is 2.60 bits per heavy atom. The first-order valence-corrected chi connectivity index (χ1v) is 10.7. The van der Waals surface area contributed by atoms with E-state index in [4.69, 9.17) is 9.15 Å². The molecule has 30 heavy (non-hydrogen) atoms. The number of para-hydroxylation sites is 4. The number of carbonyl (C=O) groups excluding carboxylic acids is 1. The average molecular weight is 405 g/mol. The quantitative estimate of drug-likeness (QED) is 0.339. The Balaban J connectivity index is 1.60. The van der Waals surface area contributed by atoms with Crippen LogP contribution in [0.3, 0.4) is 0 Å². The highest BCUT2D eigenvalue weighted by molar-refractivity contribution is 5.83. The van der Waals surface area contributed by atoms with Crippen molar-refractivity contribution in [2.45, 2.75) is 46.1 Å². The lowest BCUT2D eigenvalue weighted by Gasteiger charge is -2.15. The first-order valence-electron chi connectivity index (χ1n) is 10.7. The van der Waals surface area contributed by atoms with E-state index in [0.29, 0.717) is 29.8 Å². The minimum atomic E-state index is -0.273. The van der Waals surface area contributed by atoms with E-state index in [2.05, 4.69) is 23.8 Å². The van der Waals surface area contributed by atoms with Gasteiger partial charge in [-0.2, -0.15) is 0 Å². The van der Waals surface area contributed by atoms with Crippen LogP contribution in [0.2, 0.25) is 0 Å². The Labute approximate surface area is 175 Å². The van der Waals surface area contributed by atoms with Crippen molar-refractivity contribution in [3.8, 4) is 11.7 Å². The number of esters is 1. The normalized spacial score (nSPS) is 12.5. The molecule has 0 spiro atoms. The minimum absolute atomic E-state index is 0.0682. The number of fused-ring (bicyclic) bond motifs is 2. The predicted octanol–water partition coefficient (Wildman–Crippen LogP) is 5.60. The summed E-state index contributed by atoms with van der Waals surface area (Å²) in [6.07, 6.45) is 4.40. The lowest BCUT2D eigenvalue weighted by atomic mass is 10.0. The highest BCUT2D eigenvalue weighted by Crippen LogP contribution is 2.27. The second kappa shape index (κ2) is 9.11. The van der Waals surface area contributed by atoms with Gasteiger partial charge in [0.1, 0.15) is 12.1 Å². The third kappa shape index (κ3) is 4.22. The van der Waals surface area contributed by atoms with Gasteiger partial charge in [0.25, 0.3) is 5.89 Å². The van der Waals surface area contributed by atoms with E-state index in [9.17, 15) is 4.79 Å². The van der Waals surface area contributed by atoms with Crippen molar-refractivity contribution in [2.75, 3.05) is 6.61 Å². The Kier molecular flexibility index (Phi) is 6.12. The number of hydrogen-bond acceptors (Lipinski definition) is 5. The van der Waals surface area contributed by atoms with Crippen LogP contribution in [0.25, 0.3) is 33.8 Å². The number of oxazole rings is 1. The average Bonchev–Trinajstić information content (AvgIpc) is 3.35. The van der Waals surface area contributed by atoms with Crippen LogP contribution in [0.15, 0.2) is 52.9 Å². The van der Waals surface area contributed by atoms with Crippen LogP contribution in [0.4, 0.5) is 0 Å². The molecule has 0 fully saturated rings. The largest absolute Gasteiger partial charge is 0.464 e. The summed E-state index contributed by atoms with van der Waals surface area (Å²) in [5.41, 5.74) is 3.09. The first kappa shape index (κ1) is 20.1. The Hall–Kier alpha value is -3.15. The maximum Gasteiger partial charge on any atom is 0.326 e. The van der Waals surface area contributed by atoms with Crippen LogP contribution in [0.5, 0.6) is 0 Å². The summed E-state index contributed by atoms with van der Waals surface area (Å²) in [5, 5.41) is 0. The second-order valence-electron chi connectivity index (χ2n) is 7.60. The van der Waals surface area contributed by atoms with Crippen LogP contribution < -0.4 is 0 Å². The molecule has 0 saturated carbocycles. The van der Waals surface area contributed by atoms with Crippen molar-refractivity contribution in [1.29, 1.82) is 0 Å². The standard InChI is InChI=1S/C24H27N3O3/c1-3-5-10-17(4-2)16-29-22(28)15-27-20-13-8-6-11-18(20)25-23(27)24-26-19-12-7-9-14-21(19)30-24/h6-9,11-14,17H,3-5,10,15-16H2,1-2H3. The zero-order chi connectivity index (χ0) is 20.9. The van der Waals surface area contributed by atoms with Crippen molar-refractivity contribution in [3.05, 3.63) is 48.5 Å². The number of carbonyl (C=O) groups is 1. The molecule has 156 valence electrons. The van der Waals surface area contributed by atoms with Crippen molar-refractivity contribution in [2.24, 2.45) is 5.92 Å². The second-order valence-corrected chi connectivity index (χ2v) is 7.60. The van der Waals surface area contributed by atoms with Crippen LogP contribution >= 0.6 is 0 Å². The number of unbranched alkanes of at least 4 members (excludes halogenated alkanes) is 1. The summed E-state index contributed by atoms with van der Waals surface area (Å²) in [5.74, 6) is 1.06. The smallest absolute Gasteiger partial charge is 0.326 e. The summed E-state index contributed by atoms with van der Waals surface area (Å²) in [7, 11) is 0. The molecular formula is C24H27N3O3. The molecule has 1 unspecified atom stereocenters. The Bertz CT molecular complexity index is 1110. The van der Waals surface area contributed by atoms with Gasteiger partial charge >= 0.3 is 5.97 Å². The molecule has 0 aliphatic rings. The third-order valence-electron chi connectivity index (χ3n) is 5.45. The van der Waals surface area contributed by atoms with Gasteiger partial charge in [-0.3, -0.25) is 4.79 Å². The molecule has 4 rings (SSSR count). The monoisotopic (exact) mass is 405 g/mol. The number of imidazole rings is 1. The maximum absolute atomic E-state index is 12.7. The molecule has 0 radical (unpaired) electrons. The molecule has 2 heterocycles. The number of benzene rings is 2. The van der Waals surface area contributed by atoms with E-state index >= 15 is 0 Å².